The van der Waals surface area contributed by atoms with Crippen molar-refractivity contribution in [3.05, 3.63) is 58.5 Å². The number of hydrogen-bond donors (Lipinski definition) is 3. The third-order valence-electron chi connectivity index (χ3n) is 6.38. The Bertz CT molecular complexity index is 1120. The lowest BCUT2D eigenvalue weighted by Gasteiger charge is -2.37. The highest BCUT2D eigenvalue weighted by molar-refractivity contribution is 5.89. The van der Waals surface area contributed by atoms with Crippen LogP contribution in [-0.2, 0) is 17.9 Å². The summed E-state index contributed by atoms with van der Waals surface area (Å²) >= 11 is 0. The smallest absolute Gasteiger partial charge is 0.325 e. The minimum Gasteiger partial charge on any atom is -0.496 e. The first-order valence-corrected chi connectivity index (χ1v) is 10.8. The third kappa shape index (κ3) is 4.21. The number of aliphatic carboxylic acids is 1. The molecular weight excluding hydrogens is 408 g/mol. The Morgan fingerprint density at radius 3 is 2.66 bits per heavy atom. The van der Waals surface area contributed by atoms with E-state index in [0.29, 0.717) is 19.6 Å². The van der Waals surface area contributed by atoms with Gasteiger partial charge in [0.1, 0.15) is 11.8 Å². The number of fused-ring (bicyclic) bond motifs is 1. The molecule has 0 aliphatic carbocycles. The van der Waals surface area contributed by atoms with Crippen molar-refractivity contribution in [3.63, 3.8) is 0 Å². The van der Waals surface area contributed by atoms with E-state index in [9.17, 15) is 15.0 Å². The summed E-state index contributed by atoms with van der Waals surface area (Å²) in [4.78, 5) is 24.4. The lowest BCUT2D eigenvalue weighted by atomic mass is 10.0. The fourth-order valence-corrected chi connectivity index (χ4v) is 4.62. The van der Waals surface area contributed by atoms with E-state index < -0.39 is 12.0 Å². The van der Waals surface area contributed by atoms with Gasteiger partial charge in [-0.05, 0) is 31.5 Å². The van der Waals surface area contributed by atoms with Crippen LogP contribution < -0.4 is 4.74 Å². The Kier molecular flexibility index (Phi) is 6.45. The van der Waals surface area contributed by atoms with Crippen molar-refractivity contribution in [1.82, 2.24) is 19.8 Å². The summed E-state index contributed by atoms with van der Waals surface area (Å²) in [6, 6.07) is 4.85. The number of aliphatic hydroxyl groups excluding tert-OH is 1. The molecule has 1 fully saturated rings. The van der Waals surface area contributed by atoms with Gasteiger partial charge in [0.2, 0.25) is 0 Å². The second kappa shape index (κ2) is 9.28. The predicted molar refractivity (Wildman–Crippen MR) is 122 cm³/mol. The number of pyridine rings is 1. The molecule has 0 amide bonds. The summed E-state index contributed by atoms with van der Waals surface area (Å²) in [6.07, 6.45) is 3.62. The molecule has 8 nitrogen and oxygen atoms in total. The topological polar surface area (TPSA) is 102 Å². The van der Waals surface area contributed by atoms with Gasteiger partial charge in [-0.25, -0.2) is 0 Å². The van der Waals surface area contributed by atoms with E-state index in [4.69, 9.17) is 4.74 Å². The highest BCUT2D eigenvalue weighted by Gasteiger charge is 2.32. The van der Waals surface area contributed by atoms with Crippen molar-refractivity contribution >= 4 is 16.9 Å². The van der Waals surface area contributed by atoms with Crippen LogP contribution in [0.5, 0.6) is 5.75 Å². The molecule has 0 saturated carbocycles. The second-order valence-electron chi connectivity index (χ2n) is 8.38. The highest BCUT2D eigenvalue weighted by atomic mass is 16.5. The standard InChI is InChI=1S/C24H30N4O4/c1-15-11-25-21(16(2)23(15)32-3)13-27-6-8-28(9-7-27)22(24(30)31)19-12-26-20-5-4-17(14-29)10-18(19)20/h4-5,10-12,22,26,29H,6-9,13-14H2,1-3H3,(H,30,31)/t22-/m1/s1. The SMILES string of the molecule is COc1c(C)cnc(CN2CCN([C@@H](C(=O)O)c3c[nH]c4ccc(CO)cc34)CC2)c1C. The maximum absolute atomic E-state index is 12.3. The van der Waals surface area contributed by atoms with E-state index >= 15 is 0 Å². The number of nitrogens with one attached hydrogen (secondary N) is 1. The first kappa shape index (κ1) is 22.3. The van der Waals surface area contributed by atoms with Gasteiger partial charge < -0.3 is 19.9 Å². The average molecular weight is 439 g/mol. The van der Waals surface area contributed by atoms with E-state index in [1.807, 2.05) is 43.1 Å². The Balaban J connectivity index is 1.50. The normalized spacial score (nSPS) is 16.4. The lowest BCUT2D eigenvalue weighted by molar-refractivity contribution is -0.144. The molecule has 3 heterocycles. The quantitative estimate of drug-likeness (QED) is 0.521. The largest absolute Gasteiger partial charge is 0.496 e. The zero-order valence-electron chi connectivity index (χ0n) is 18.8. The Morgan fingerprint density at radius 2 is 2.00 bits per heavy atom. The van der Waals surface area contributed by atoms with Gasteiger partial charge in [0.05, 0.1) is 19.4 Å². The number of aryl methyl sites for hydroxylation is 1. The van der Waals surface area contributed by atoms with E-state index in [2.05, 4.69) is 14.9 Å². The number of nitrogens with zero attached hydrogens (tertiary/aromatic N) is 3. The Labute approximate surface area is 187 Å². The van der Waals surface area contributed by atoms with Gasteiger partial charge in [0, 0.05) is 72.7 Å². The average Bonchev–Trinajstić information content (AvgIpc) is 3.20. The van der Waals surface area contributed by atoms with Gasteiger partial charge in [-0.15, -0.1) is 0 Å². The van der Waals surface area contributed by atoms with Crippen LogP contribution in [0.25, 0.3) is 10.9 Å². The van der Waals surface area contributed by atoms with E-state index in [0.717, 1.165) is 57.7 Å². The van der Waals surface area contributed by atoms with Gasteiger partial charge in [-0.3, -0.25) is 19.6 Å². The fraction of sp³-hybridized carbons (Fsp3) is 0.417. The number of aliphatic hydroxyl groups is 1. The number of rotatable bonds is 7. The van der Waals surface area contributed by atoms with Crippen LogP contribution in [0.2, 0.25) is 0 Å². The second-order valence-corrected chi connectivity index (χ2v) is 8.38. The molecule has 0 unspecified atom stereocenters. The van der Waals surface area contributed by atoms with Crippen LogP contribution >= 0.6 is 0 Å². The number of aromatic amines is 1. The minimum atomic E-state index is -0.866. The summed E-state index contributed by atoms with van der Waals surface area (Å²) in [5, 5.41) is 20.4. The summed E-state index contributed by atoms with van der Waals surface area (Å²) < 4.78 is 5.52. The number of carboxylic acids is 1. The number of methoxy groups -OCH3 is 1. The maximum atomic E-state index is 12.3. The molecule has 1 saturated heterocycles. The van der Waals surface area contributed by atoms with Crippen molar-refractivity contribution in [1.29, 1.82) is 0 Å². The fourth-order valence-electron chi connectivity index (χ4n) is 4.62. The van der Waals surface area contributed by atoms with Crippen LogP contribution in [-0.4, -0.2) is 69.2 Å². The Hall–Kier alpha value is -2.94. The zero-order chi connectivity index (χ0) is 22.8. The first-order valence-electron chi connectivity index (χ1n) is 10.8. The van der Waals surface area contributed by atoms with Gasteiger partial charge >= 0.3 is 5.97 Å². The van der Waals surface area contributed by atoms with Crippen LogP contribution in [0.1, 0.15) is 34.0 Å². The number of hydrogen-bond acceptors (Lipinski definition) is 6. The van der Waals surface area contributed by atoms with E-state index in [-0.39, 0.29) is 6.61 Å². The molecule has 3 aromatic rings. The molecule has 1 aliphatic heterocycles. The van der Waals surface area contributed by atoms with Crippen LogP contribution in [0.4, 0.5) is 0 Å². The molecule has 0 bridgehead atoms. The Morgan fingerprint density at radius 1 is 1.25 bits per heavy atom. The number of piperazine rings is 1. The molecule has 2 aromatic heterocycles. The molecule has 1 atom stereocenters. The number of carboxylic acid groups (broad SMARTS) is 1. The summed E-state index contributed by atoms with van der Waals surface area (Å²) in [7, 11) is 1.68. The van der Waals surface area contributed by atoms with Crippen LogP contribution in [0, 0.1) is 13.8 Å². The minimum absolute atomic E-state index is 0.0752. The number of H-pyrrole nitrogens is 1. The molecule has 1 aliphatic rings. The number of aromatic nitrogens is 2. The number of carbonyl (C=O) groups is 1. The summed E-state index contributed by atoms with van der Waals surface area (Å²) in [6.45, 7) is 7.45. The van der Waals surface area contributed by atoms with Crippen molar-refractivity contribution < 1.29 is 19.7 Å². The summed E-state index contributed by atoms with van der Waals surface area (Å²) in [5.41, 5.74) is 5.43. The summed E-state index contributed by atoms with van der Waals surface area (Å²) in [5.74, 6) is 0.00990. The monoisotopic (exact) mass is 438 g/mol. The maximum Gasteiger partial charge on any atom is 0.325 e. The molecule has 32 heavy (non-hydrogen) atoms. The molecular formula is C24H30N4O4. The predicted octanol–water partition coefficient (Wildman–Crippen LogP) is 2.62. The van der Waals surface area contributed by atoms with Crippen molar-refractivity contribution in [3.8, 4) is 5.75 Å². The van der Waals surface area contributed by atoms with Crippen LogP contribution in [0.15, 0.2) is 30.6 Å². The molecule has 170 valence electrons. The lowest BCUT2D eigenvalue weighted by Crippen LogP contribution is -2.49. The van der Waals surface area contributed by atoms with Crippen LogP contribution in [0.3, 0.4) is 0 Å². The van der Waals surface area contributed by atoms with E-state index in [1.54, 1.807) is 13.3 Å². The van der Waals surface area contributed by atoms with Gasteiger partial charge in [-0.1, -0.05) is 6.07 Å². The molecule has 1 aromatic carbocycles. The third-order valence-corrected chi connectivity index (χ3v) is 6.38. The first-order chi connectivity index (χ1) is 15.4. The highest BCUT2D eigenvalue weighted by Crippen LogP contribution is 2.31. The number of ether oxygens (including phenoxy) is 1. The number of benzene rings is 1. The van der Waals surface area contributed by atoms with Crippen molar-refractivity contribution in [2.75, 3.05) is 33.3 Å². The van der Waals surface area contributed by atoms with Gasteiger partial charge in [-0.2, -0.15) is 0 Å². The zero-order valence-corrected chi connectivity index (χ0v) is 18.8. The molecule has 0 spiro atoms. The molecule has 3 N–H and O–H groups in total. The van der Waals surface area contributed by atoms with Crippen molar-refractivity contribution in [2.45, 2.75) is 33.0 Å². The van der Waals surface area contributed by atoms with Gasteiger partial charge in [0.25, 0.3) is 0 Å². The molecule has 8 heteroatoms. The molecule has 4 rings (SSSR count). The van der Waals surface area contributed by atoms with Crippen molar-refractivity contribution in [2.24, 2.45) is 0 Å². The molecule has 0 radical (unpaired) electrons. The van der Waals surface area contributed by atoms with Gasteiger partial charge in [0.15, 0.2) is 0 Å². The van der Waals surface area contributed by atoms with E-state index in [1.165, 1.54) is 0 Å².